The van der Waals surface area contributed by atoms with E-state index in [1.807, 2.05) is 0 Å². The first-order valence-electron chi connectivity index (χ1n) is 6.57. The van der Waals surface area contributed by atoms with Gasteiger partial charge in [0.15, 0.2) is 0 Å². The van der Waals surface area contributed by atoms with Gasteiger partial charge in [0.2, 0.25) is 0 Å². The van der Waals surface area contributed by atoms with Crippen molar-refractivity contribution in [3.63, 3.8) is 0 Å². The number of unbranched alkanes of at least 4 members (excludes halogenated alkanes) is 1. The lowest BCUT2D eigenvalue weighted by Gasteiger charge is -2.37. The molecule has 0 aliphatic heterocycles. The average molecular weight is 240 g/mol. The predicted molar refractivity (Wildman–Crippen MR) is 66.6 cm³/mol. The van der Waals surface area contributed by atoms with Gasteiger partial charge in [-0.15, -0.1) is 0 Å². The van der Waals surface area contributed by atoms with E-state index in [9.17, 15) is 9.59 Å². The normalized spacial score (nSPS) is 23.5. The Labute approximate surface area is 104 Å². The highest BCUT2D eigenvalue weighted by Gasteiger charge is 2.37. The minimum atomic E-state index is -0.153. The second-order valence-corrected chi connectivity index (χ2v) is 5.68. The van der Waals surface area contributed by atoms with Crippen LogP contribution >= 0.6 is 0 Å². The van der Waals surface area contributed by atoms with Crippen LogP contribution in [0.3, 0.4) is 0 Å². The third-order valence-corrected chi connectivity index (χ3v) is 3.93. The Balaban J connectivity index is 2.33. The smallest absolute Gasteiger partial charge is 0.305 e. The number of esters is 1. The molecule has 1 aliphatic rings. The molecule has 1 unspecified atom stereocenters. The van der Waals surface area contributed by atoms with Crippen LogP contribution in [0.5, 0.6) is 0 Å². The van der Waals surface area contributed by atoms with Crippen molar-refractivity contribution in [2.75, 3.05) is 7.11 Å². The van der Waals surface area contributed by atoms with E-state index in [1.54, 1.807) is 0 Å². The zero-order chi connectivity index (χ0) is 12.9. The molecule has 98 valence electrons. The van der Waals surface area contributed by atoms with Gasteiger partial charge in [-0.2, -0.15) is 0 Å². The summed E-state index contributed by atoms with van der Waals surface area (Å²) in [6.45, 7) is 4.38. The van der Waals surface area contributed by atoms with E-state index in [4.69, 9.17) is 0 Å². The molecule has 0 bridgehead atoms. The summed E-state index contributed by atoms with van der Waals surface area (Å²) < 4.78 is 4.60. The minimum absolute atomic E-state index is 0.139. The first-order chi connectivity index (χ1) is 7.97. The molecule has 1 aliphatic carbocycles. The predicted octanol–water partition coefficient (Wildman–Crippen LogP) is 3.12. The maximum Gasteiger partial charge on any atom is 0.305 e. The van der Waals surface area contributed by atoms with Crippen LogP contribution in [0.25, 0.3) is 0 Å². The Morgan fingerprint density at radius 3 is 2.71 bits per heavy atom. The van der Waals surface area contributed by atoms with Crippen molar-refractivity contribution in [2.45, 2.75) is 58.8 Å². The van der Waals surface area contributed by atoms with Gasteiger partial charge in [0.05, 0.1) is 7.11 Å². The lowest BCUT2D eigenvalue weighted by Crippen LogP contribution is -2.35. The van der Waals surface area contributed by atoms with Gasteiger partial charge in [-0.05, 0) is 31.1 Å². The number of Topliss-reactive ketones (excluding diaryl/α,β-unsaturated/α-hetero) is 1. The molecule has 3 nitrogen and oxygen atoms in total. The molecule has 0 aromatic carbocycles. The summed E-state index contributed by atoms with van der Waals surface area (Å²) in [6, 6.07) is 0. The maximum atomic E-state index is 11.9. The fourth-order valence-electron chi connectivity index (χ4n) is 2.77. The van der Waals surface area contributed by atoms with Crippen LogP contribution < -0.4 is 0 Å². The van der Waals surface area contributed by atoms with Crippen molar-refractivity contribution in [1.82, 2.24) is 0 Å². The summed E-state index contributed by atoms with van der Waals surface area (Å²) in [5.74, 6) is 0.451. The zero-order valence-electron chi connectivity index (χ0n) is 11.3. The Kier molecular flexibility index (Phi) is 5.16. The highest BCUT2D eigenvalue weighted by atomic mass is 16.5. The van der Waals surface area contributed by atoms with E-state index in [0.29, 0.717) is 12.2 Å². The van der Waals surface area contributed by atoms with E-state index >= 15 is 0 Å². The molecule has 1 atom stereocenters. The molecular formula is C14H24O3. The van der Waals surface area contributed by atoms with Crippen molar-refractivity contribution in [3.8, 4) is 0 Å². The Morgan fingerprint density at radius 2 is 2.12 bits per heavy atom. The number of carbonyl (C=O) groups excluding carboxylic acids is 2. The van der Waals surface area contributed by atoms with Gasteiger partial charge in [0.1, 0.15) is 5.78 Å². The molecule has 17 heavy (non-hydrogen) atoms. The van der Waals surface area contributed by atoms with Crippen LogP contribution in [0.15, 0.2) is 0 Å². The van der Waals surface area contributed by atoms with E-state index in [1.165, 1.54) is 7.11 Å². The number of hydrogen-bond donors (Lipinski definition) is 0. The van der Waals surface area contributed by atoms with Crippen molar-refractivity contribution < 1.29 is 14.3 Å². The van der Waals surface area contributed by atoms with Gasteiger partial charge < -0.3 is 4.74 Å². The second kappa shape index (κ2) is 6.18. The molecule has 0 amide bonds. The van der Waals surface area contributed by atoms with E-state index in [0.717, 1.165) is 38.5 Å². The fraction of sp³-hybridized carbons (Fsp3) is 0.857. The highest BCUT2D eigenvalue weighted by molar-refractivity contribution is 5.82. The quantitative estimate of drug-likeness (QED) is 0.548. The molecule has 0 saturated heterocycles. The SMILES string of the molecule is COC(=O)CCCCC1C(=O)CCCC1(C)C. The molecule has 0 N–H and O–H groups in total. The fourth-order valence-corrected chi connectivity index (χ4v) is 2.77. The third-order valence-electron chi connectivity index (χ3n) is 3.93. The molecule has 1 rings (SSSR count). The lowest BCUT2D eigenvalue weighted by molar-refractivity contribution is -0.140. The van der Waals surface area contributed by atoms with Crippen molar-refractivity contribution in [1.29, 1.82) is 0 Å². The lowest BCUT2D eigenvalue weighted by atomic mass is 9.66. The van der Waals surface area contributed by atoms with Gasteiger partial charge in [-0.1, -0.05) is 20.3 Å². The molecule has 3 heteroatoms. The van der Waals surface area contributed by atoms with Crippen LogP contribution in [0.1, 0.15) is 58.8 Å². The summed E-state index contributed by atoms with van der Waals surface area (Å²) in [4.78, 5) is 22.9. The van der Waals surface area contributed by atoms with E-state index in [2.05, 4.69) is 18.6 Å². The molecule has 1 fully saturated rings. The molecule has 0 radical (unpaired) electrons. The Bertz CT molecular complexity index is 281. The summed E-state index contributed by atoms with van der Waals surface area (Å²) in [5, 5.41) is 0. The highest BCUT2D eigenvalue weighted by Crippen LogP contribution is 2.41. The topological polar surface area (TPSA) is 43.4 Å². The summed E-state index contributed by atoms with van der Waals surface area (Å²) in [5.41, 5.74) is 0.139. The van der Waals surface area contributed by atoms with Crippen LogP contribution in [0, 0.1) is 11.3 Å². The summed E-state index contributed by atoms with van der Waals surface area (Å²) >= 11 is 0. The van der Waals surface area contributed by atoms with Crippen molar-refractivity contribution in [2.24, 2.45) is 11.3 Å². The molecule has 0 aromatic rings. The van der Waals surface area contributed by atoms with Crippen LogP contribution in [-0.2, 0) is 14.3 Å². The molecule has 1 saturated carbocycles. The number of ketones is 1. The molecular weight excluding hydrogens is 216 g/mol. The van der Waals surface area contributed by atoms with E-state index < -0.39 is 0 Å². The molecule has 0 aromatic heterocycles. The number of ether oxygens (including phenoxy) is 1. The number of carbonyl (C=O) groups is 2. The monoisotopic (exact) mass is 240 g/mol. The summed E-state index contributed by atoms with van der Waals surface area (Å²) in [7, 11) is 1.41. The van der Waals surface area contributed by atoms with Gasteiger partial charge in [0, 0.05) is 18.8 Å². The average Bonchev–Trinajstić information content (AvgIpc) is 2.26. The largest absolute Gasteiger partial charge is 0.469 e. The third kappa shape index (κ3) is 4.14. The first kappa shape index (κ1) is 14.2. The number of methoxy groups -OCH3 is 1. The number of hydrogen-bond acceptors (Lipinski definition) is 3. The Morgan fingerprint density at radius 1 is 1.41 bits per heavy atom. The first-order valence-corrected chi connectivity index (χ1v) is 6.57. The van der Waals surface area contributed by atoms with Gasteiger partial charge in [-0.25, -0.2) is 0 Å². The number of rotatable bonds is 5. The van der Waals surface area contributed by atoms with Crippen molar-refractivity contribution >= 4 is 11.8 Å². The van der Waals surface area contributed by atoms with Gasteiger partial charge in [0.25, 0.3) is 0 Å². The van der Waals surface area contributed by atoms with Gasteiger partial charge >= 0.3 is 5.97 Å². The van der Waals surface area contributed by atoms with Crippen LogP contribution in [-0.4, -0.2) is 18.9 Å². The van der Waals surface area contributed by atoms with Crippen LogP contribution in [0.2, 0.25) is 0 Å². The zero-order valence-corrected chi connectivity index (χ0v) is 11.3. The van der Waals surface area contributed by atoms with Gasteiger partial charge in [-0.3, -0.25) is 9.59 Å². The van der Waals surface area contributed by atoms with E-state index in [-0.39, 0.29) is 17.3 Å². The maximum absolute atomic E-state index is 11.9. The standard InChI is InChI=1S/C14H24O3/c1-14(2)10-6-8-12(15)11(14)7-4-5-9-13(16)17-3/h11H,4-10H2,1-3H3. The second-order valence-electron chi connectivity index (χ2n) is 5.68. The molecule has 0 heterocycles. The molecule has 0 spiro atoms. The van der Waals surface area contributed by atoms with Crippen molar-refractivity contribution in [3.05, 3.63) is 0 Å². The minimum Gasteiger partial charge on any atom is -0.469 e. The Hall–Kier alpha value is -0.860. The summed E-state index contributed by atoms with van der Waals surface area (Å²) in [6.07, 6.45) is 6.07. The van der Waals surface area contributed by atoms with Crippen LogP contribution in [0.4, 0.5) is 0 Å².